The minimum atomic E-state index is 0.101. The lowest BCUT2D eigenvalue weighted by atomic mass is 9.99. The summed E-state index contributed by atoms with van der Waals surface area (Å²) in [5.41, 5.74) is 8.82. The van der Waals surface area contributed by atoms with E-state index in [0.29, 0.717) is 12.0 Å². The van der Waals surface area contributed by atoms with Gasteiger partial charge in [0.1, 0.15) is 0 Å². The lowest BCUT2D eigenvalue weighted by Gasteiger charge is -2.25. The van der Waals surface area contributed by atoms with Crippen LogP contribution in [-0.2, 0) is 0 Å². The molecule has 1 unspecified atom stereocenters. The van der Waals surface area contributed by atoms with Crippen molar-refractivity contribution in [3.8, 4) is 0 Å². The summed E-state index contributed by atoms with van der Waals surface area (Å²) in [4.78, 5) is 2.28. The molecule has 0 amide bonds. The van der Waals surface area contributed by atoms with Gasteiger partial charge in [-0.05, 0) is 37.9 Å². The molecule has 0 radical (unpaired) electrons. The quantitative estimate of drug-likeness (QED) is 0.848. The summed E-state index contributed by atoms with van der Waals surface area (Å²) >= 11 is 0. The molecule has 0 spiro atoms. The van der Waals surface area contributed by atoms with Crippen LogP contribution >= 0.6 is 0 Å². The second-order valence-electron chi connectivity index (χ2n) is 5.46. The molecule has 0 heterocycles. The number of nitrogens with two attached hydrogens (primary N) is 1. The van der Waals surface area contributed by atoms with Gasteiger partial charge in [-0.25, -0.2) is 0 Å². The Hall–Kier alpha value is -0.860. The predicted molar refractivity (Wildman–Crippen MR) is 75.2 cm³/mol. The van der Waals surface area contributed by atoms with Crippen molar-refractivity contribution in [1.82, 2.24) is 4.90 Å². The molecule has 2 heteroatoms. The van der Waals surface area contributed by atoms with Gasteiger partial charge in [0.05, 0.1) is 0 Å². The van der Waals surface area contributed by atoms with Crippen LogP contribution in [0.4, 0.5) is 0 Å². The van der Waals surface area contributed by atoms with Crippen LogP contribution in [0, 0.1) is 0 Å². The Morgan fingerprint density at radius 2 is 1.47 bits per heavy atom. The highest BCUT2D eigenvalue weighted by Gasteiger charge is 2.11. The van der Waals surface area contributed by atoms with Crippen LogP contribution in [-0.4, -0.2) is 24.5 Å². The predicted octanol–water partition coefficient (Wildman–Crippen LogP) is 3.15. The maximum Gasteiger partial charge on any atom is 0.0424 e. The second-order valence-corrected chi connectivity index (χ2v) is 5.46. The van der Waals surface area contributed by atoms with E-state index in [1.807, 2.05) is 0 Å². The van der Waals surface area contributed by atoms with Crippen molar-refractivity contribution < 1.29 is 0 Å². The maximum absolute atomic E-state index is 6.22. The minimum Gasteiger partial charge on any atom is -0.323 e. The molecule has 0 aliphatic heterocycles. The number of benzene rings is 1. The molecule has 0 aromatic heterocycles. The van der Waals surface area contributed by atoms with E-state index in [4.69, 9.17) is 5.73 Å². The molecule has 0 fully saturated rings. The van der Waals surface area contributed by atoms with Crippen LogP contribution in [0.5, 0.6) is 0 Å². The summed E-state index contributed by atoms with van der Waals surface area (Å²) in [6.45, 7) is 9.70. The van der Waals surface area contributed by atoms with E-state index in [2.05, 4.69) is 63.9 Å². The molecule has 2 N–H and O–H groups in total. The largest absolute Gasteiger partial charge is 0.323 e. The molecule has 0 bridgehead atoms. The standard InChI is InChI=1S/C15H26N2/c1-11(2)13-6-8-14(9-7-13)15(16)10-17(5)12(3)4/h6-9,11-12,15H,10,16H2,1-5H3. The number of rotatable bonds is 5. The molecule has 0 saturated carbocycles. The Morgan fingerprint density at radius 3 is 1.88 bits per heavy atom. The molecule has 17 heavy (non-hydrogen) atoms. The molecule has 2 nitrogen and oxygen atoms in total. The molecule has 1 atom stereocenters. The highest BCUT2D eigenvalue weighted by Crippen LogP contribution is 2.18. The first kappa shape index (κ1) is 14.2. The van der Waals surface area contributed by atoms with Crippen LogP contribution in [0.25, 0.3) is 0 Å². The normalized spacial score (nSPS) is 13.7. The Balaban J connectivity index is 2.66. The molecule has 0 aliphatic rings. The molecule has 96 valence electrons. The average molecular weight is 234 g/mol. The number of hydrogen-bond donors (Lipinski definition) is 1. The number of nitrogens with zero attached hydrogens (tertiary/aromatic N) is 1. The molecule has 0 saturated heterocycles. The van der Waals surface area contributed by atoms with E-state index in [1.54, 1.807) is 0 Å². The molecule has 0 aliphatic carbocycles. The van der Waals surface area contributed by atoms with Gasteiger partial charge in [-0.3, -0.25) is 0 Å². The summed E-state index contributed by atoms with van der Waals surface area (Å²) in [6, 6.07) is 9.34. The topological polar surface area (TPSA) is 29.3 Å². The molecule has 1 aromatic rings. The summed E-state index contributed by atoms with van der Waals surface area (Å²) in [5, 5.41) is 0. The van der Waals surface area contributed by atoms with E-state index in [-0.39, 0.29) is 6.04 Å². The molecular formula is C15H26N2. The lowest BCUT2D eigenvalue weighted by molar-refractivity contribution is 0.257. The monoisotopic (exact) mass is 234 g/mol. The first-order valence-corrected chi connectivity index (χ1v) is 6.47. The Morgan fingerprint density at radius 1 is 1.00 bits per heavy atom. The minimum absolute atomic E-state index is 0.101. The highest BCUT2D eigenvalue weighted by atomic mass is 15.1. The van der Waals surface area contributed by atoms with Crippen LogP contribution < -0.4 is 5.73 Å². The zero-order valence-electron chi connectivity index (χ0n) is 11.8. The van der Waals surface area contributed by atoms with Gasteiger partial charge in [-0.1, -0.05) is 38.1 Å². The fourth-order valence-electron chi connectivity index (χ4n) is 1.75. The lowest BCUT2D eigenvalue weighted by Crippen LogP contribution is -2.33. The van der Waals surface area contributed by atoms with Crippen molar-refractivity contribution in [2.24, 2.45) is 5.73 Å². The van der Waals surface area contributed by atoms with Gasteiger partial charge < -0.3 is 10.6 Å². The van der Waals surface area contributed by atoms with Gasteiger partial charge in [0.15, 0.2) is 0 Å². The first-order valence-electron chi connectivity index (χ1n) is 6.47. The molecule has 1 rings (SSSR count). The van der Waals surface area contributed by atoms with Crippen molar-refractivity contribution in [3.63, 3.8) is 0 Å². The van der Waals surface area contributed by atoms with Crippen molar-refractivity contribution in [3.05, 3.63) is 35.4 Å². The van der Waals surface area contributed by atoms with Gasteiger partial charge in [-0.2, -0.15) is 0 Å². The van der Waals surface area contributed by atoms with Crippen LogP contribution in [0.1, 0.15) is 50.8 Å². The van der Waals surface area contributed by atoms with E-state index < -0.39 is 0 Å². The SMILES string of the molecule is CC(C)c1ccc(C(N)CN(C)C(C)C)cc1. The Kier molecular flexibility index (Phi) is 5.16. The zero-order valence-corrected chi connectivity index (χ0v) is 11.8. The summed E-state index contributed by atoms with van der Waals surface area (Å²) in [7, 11) is 2.12. The van der Waals surface area contributed by atoms with Gasteiger partial charge in [0.25, 0.3) is 0 Å². The van der Waals surface area contributed by atoms with Gasteiger partial charge in [0, 0.05) is 18.6 Å². The first-order chi connectivity index (χ1) is 7.91. The second kappa shape index (κ2) is 6.18. The van der Waals surface area contributed by atoms with E-state index in [0.717, 1.165) is 6.54 Å². The van der Waals surface area contributed by atoms with E-state index >= 15 is 0 Å². The molecular weight excluding hydrogens is 208 g/mol. The van der Waals surface area contributed by atoms with Crippen molar-refractivity contribution in [2.75, 3.05) is 13.6 Å². The van der Waals surface area contributed by atoms with E-state index in [1.165, 1.54) is 11.1 Å². The fourth-order valence-corrected chi connectivity index (χ4v) is 1.75. The van der Waals surface area contributed by atoms with Crippen molar-refractivity contribution in [2.45, 2.75) is 45.7 Å². The molecule has 1 aromatic carbocycles. The van der Waals surface area contributed by atoms with Gasteiger partial charge >= 0.3 is 0 Å². The average Bonchev–Trinajstić information content (AvgIpc) is 2.28. The summed E-state index contributed by atoms with van der Waals surface area (Å²) in [5.74, 6) is 0.582. The maximum atomic E-state index is 6.22. The third kappa shape index (κ3) is 4.14. The zero-order chi connectivity index (χ0) is 13.0. The third-order valence-corrected chi connectivity index (χ3v) is 3.40. The number of hydrogen-bond acceptors (Lipinski definition) is 2. The smallest absolute Gasteiger partial charge is 0.0424 e. The number of likely N-dealkylation sites (N-methyl/N-ethyl adjacent to an activating group) is 1. The fraction of sp³-hybridized carbons (Fsp3) is 0.600. The van der Waals surface area contributed by atoms with Crippen LogP contribution in [0.3, 0.4) is 0 Å². The third-order valence-electron chi connectivity index (χ3n) is 3.40. The van der Waals surface area contributed by atoms with E-state index in [9.17, 15) is 0 Å². The summed E-state index contributed by atoms with van der Waals surface area (Å²) in [6.07, 6.45) is 0. The summed E-state index contributed by atoms with van der Waals surface area (Å²) < 4.78 is 0. The van der Waals surface area contributed by atoms with Gasteiger partial charge in [0.2, 0.25) is 0 Å². The Bertz CT molecular complexity index is 327. The van der Waals surface area contributed by atoms with Crippen molar-refractivity contribution >= 4 is 0 Å². The highest BCUT2D eigenvalue weighted by molar-refractivity contribution is 5.26. The van der Waals surface area contributed by atoms with Gasteiger partial charge in [-0.15, -0.1) is 0 Å². The van der Waals surface area contributed by atoms with Crippen molar-refractivity contribution in [1.29, 1.82) is 0 Å². The van der Waals surface area contributed by atoms with Crippen LogP contribution in [0.15, 0.2) is 24.3 Å². The van der Waals surface area contributed by atoms with Crippen LogP contribution in [0.2, 0.25) is 0 Å². The Labute approximate surface area is 106 Å².